The lowest BCUT2D eigenvalue weighted by molar-refractivity contribution is 0.171. The largest absolute Gasteiger partial charge is 0.493 e. The summed E-state index contributed by atoms with van der Waals surface area (Å²) in [6.45, 7) is 5.07. The molecule has 0 aliphatic carbocycles. The molecule has 0 atom stereocenters. The molecule has 0 spiro atoms. The fourth-order valence-electron chi connectivity index (χ4n) is 3.15. The van der Waals surface area contributed by atoms with Crippen molar-refractivity contribution in [2.24, 2.45) is 4.99 Å². The Hall–Kier alpha value is -2.20. The first kappa shape index (κ1) is 25.1. The summed E-state index contributed by atoms with van der Waals surface area (Å²) < 4.78 is 21.8. The Bertz CT molecular complexity index is 861. The molecule has 1 heterocycles. The third-order valence-electron chi connectivity index (χ3n) is 4.79. The van der Waals surface area contributed by atoms with Crippen molar-refractivity contribution < 1.29 is 18.9 Å². The molecule has 0 saturated heterocycles. The maximum Gasteiger partial charge on any atom is 0.231 e. The van der Waals surface area contributed by atoms with E-state index in [2.05, 4.69) is 46.8 Å². The van der Waals surface area contributed by atoms with Gasteiger partial charge in [-0.25, -0.2) is 0 Å². The monoisotopic (exact) mass is 541 g/mol. The fraction of sp³-hybridized carbons (Fsp3) is 0.435. The number of aliphatic imine (C=N–C) groups is 1. The molecule has 1 aliphatic heterocycles. The smallest absolute Gasteiger partial charge is 0.231 e. The van der Waals surface area contributed by atoms with E-state index in [1.807, 2.05) is 12.1 Å². The van der Waals surface area contributed by atoms with Gasteiger partial charge in [0.05, 0.1) is 6.61 Å². The fourth-order valence-corrected chi connectivity index (χ4v) is 3.15. The van der Waals surface area contributed by atoms with E-state index in [-0.39, 0.29) is 24.0 Å². The predicted molar refractivity (Wildman–Crippen MR) is 133 cm³/mol. The molecular weight excluding hydrogens is 509 g/mol. The lowest BCUT2D eigenvalue weighted by Crippen LogP contribution is -2.37. The summed E-state index contributed by atoms with van der Waals surface area (Å²) in [5, 5.41) is 6.72. The van der Waals surface area contributed by atoms with Crippen molar-refractivity contribution in [3.05, 3.63) is 53.1 Å². The van der Waals surface area contributed by atoms with E-state index in [4.69, 9.17) is 18.9 Å². The molecule has 0 fully saturated rings. The highest BCUT2D eigenvalue weighted by Gasteiger charge is 2.13. The number of nitrogens with zero attached hydrogens (tertiary/aromatic N) is 1. The Morgan fingerprint density at radius 3 is 2.71 bits per heavy atom. The predicted octanol–water partition coefficient (Wildman–Crippen LogP) is 3.66. The number of methoxy groups -OCH3 is 1. The average Bonchev–Trinajstić information content (AvgIpc) is 3.22. The van der Waals surface area contributed by atoms with E-state index in [0.717, 1.165) is 48.2 Å². The van der Waals surface area contributed by atoms with Crippen LogP contribution in [-0.2, 0) is 17.7 Å². The second-order valence-electron chi connectivity index (χ2n) is 7.10. The standard InChI is InChI=1S/C23H31N3O4.HI/c1-17-5-7-19(21(13-17)28-12-4-11-27-3)15-26-23(24-2)25-10-9-18-6-8-20-22(14-18)30-16-29-20;/h5-8,13-14H,4,9-12,15-16H2,1-3H3,(H2,24,25,26);1H. The summed E-state index contributed by atoms with van der Waals surface area (Å²) in [6, 6.07) is 12.3. The van der Waals surface area contributed by atoms with Crippen LogP contribution in [0.25, 0.3) is 0 Å². The maximum atomic E-state index is 5.96. The molecule has 170 valence electrons. The molecule has 2 aromatic rings. The topological polar surface area (TPSA) is 73.3 Å². The van der Waals surface area contributed by atoms with Crippen molar-refractivity contribution in [3.8, 4) is 17.2 Å². The van der Waals surface area contributed by atoms with Crippen molar-refractivity contribution in [2.75, 3.05) is 40.7 Å². The Kier molecular flexibility index (Phi) is 10.7. The van der Waals surface area contributed by atoms with Crippen LogP contribution in [-0.4, -0.2) is 46.7 Å². The van der Waals surface area contributed by atoms with Gasteiger partial charge in [0.15, 0.2) is 17.5 Å². The van der Waals surface area contributed by atoms with Crippen molar-refractivity contribution in [1.29, 1.82) is 0 Å². The molecule has 2 aromatic carbocycles. The molecule has 0 unspecified atom stereocenters. The molecule has 0 aromatic heterocycles. The van der Waals surface area contributed by atoms with E-state index >= 15 is 0 Å². The molecule has 7 nitrogen and oxygen atoms in total. The zero-order chi connectivity index (χ0) is 21.2. The van der Waals surface area contributed by atoms with Gasteiger partial charge in [0.25, 0.3) is 0 Å². The molecular formula is C23H32IN3O4. The lowest BCUT2D eigenvalue weighted by Gasteiger charge is -2.15. The third-order valence-corrected chi connectivity index (χ3v) is 4.79. The quantitative estimate of drug-likeness (QED) is 0.207. The normalized spacial score (nSPS) is 12.3. The van der Waals surface area contributed by atoms with Crippen LogP contribution in [0.5, 0.6) is 17.2 Å². The molecule has 0 saturated carbocycles. The highest BCUT2D eigenvalue weighted by molar-refractivity contribution is 14.0. The van der Waals surface area contributed by atoms with Crippen LogP contribution in [0.15, 0.2) is 41.4 Å². The summed E-state index contributed by atoms with van der Waals surface area (Å²) in [6.07, 6.45) is 1.72. The van der Waals surface area contributed by atoms with Crippen LogP contribution < -0.4 is 24.8 Å². The minimum atomic E-state index is 0. The third kappa shape index (κ3) is 7.77. The zero-order valence-corrected chi connectivity index (χ0v) is 20.7. The second-order valence-corrected chi connectivity index (χ2v) is 7.10. The van der Waals surface area contributed by atoms with Gasteiger partial charge in [0.1, 0.15) is 5.75 Å². The van der Waals surface area contributed by atoms with Crippen LogP contribution in [0, 0.1) is 6.92 Å². The number of hydrogen-bond acceptors (Lipinski definition) is 5. The Labute approximate surface area is 201 Å². The SMILES string of the molecule is CN=C(NCCc1ccc2c(c1)OCO2)NCc1ccc(C)cc1OCCCOC.I. The Morgan fingerprint density at radius 1 is 1.06 bits per heavy atom. The molecule has 3 rings (SSSR count). The number of hydrogen-bond donors (Lipinski definition) is 2. The Balaban J connectivity index is 0.00000341. The summed E-state index contributed by atoms with van der Waals surface area (Å²) in [5.74, 6) is 3.27. The molecule has 0 radical (unpaired) electrons. The number of ether oxygens (including phenoxy) is 4. The zero-order valence-electron chi connectivity index (χ0n) is 18.4. The van der Waals surface area contributed by atoms with Crippen molar-refractivity contribution in [3.63, 3.8) is 0 Å². The highest BCUT2D eigenvalue weighted by Crippen LogP contribution is 2.32. The van der Waals surface area contributed by atoms with Crippen molar-refractivity contribution in [2.45, 2.75) is 26.3 Å². The summed E-state index contributed by atoms with van der Waals surface area (Å²) in [7, 11) is 3.47. The van der Waals surface area contributed by atoms with E-state index in [9.17, 15) is 0 Å². The molecule has 8 heteroatoms. The maximum absolute atomic E-state index is 5.96. The molecule has 31 heavy (non-hydrogen) atoms. The first-order valence-electron chi connectivity index (χ1n) is 10.2. The van der Waals surface area contributed by atoms with E-state index < -0.39 is 0 Å². The molecule has 2 N–H and O–H groups in total. The lowest BCUT2D eigenvalue weighted by atomic mass is 10.1. The van der Waals surface area contributed by atoms with E-state index in [0.29, 0.717) is 26.6 Å². The van der Waals surface area contributed by atoms with Crippen LogP contribution in [0.1, 0.15) is 23.1 Å². The van der Waals surface area contributed by atoms with Gasteiger partial charge in [0, 0.05) is 45.8 Å². The van der Waals surface area contributed by atoms with Gasteiger partial charge in [-0.1, -0.05) is 18.2 Å². The van der Waals surface area contributed by atoms with Gasteiger partial charge in [-0.2, -0.15) is 0 Å². The summed E-state index contributed by atoms with van der Waals surface area (Å²) in [4.78, 5) is 4.32. The average molecular weight is 541 g/mol. The van der Waals surface area contributed by atoms with Crippen LogP contribution in [0.3, 0.4) is 0 Å². The van der Waals surface area contributed by atoms with Gasteiger partial charge in [-0.3, -0.25) is 4.99 Å². The summed E-state index contributed by atoms with van der Waals surface area (Å²) >= 11 is 0. The number of rotatable bonds is 10. The second kappa shape index (κ2) is 13.3. The van der Waals surface area contributed by atoms with Crippen molar-refractivity contribution >= 4 is 29.9 Å². The van der Waals surface area contributed by atoms with Gasteiger partial charge in [-0.15, -0.1) is 24.0 Å². The van der Waals surface area contributed by atoms with Crippen molar-refractivity contribution in [1.82, 2.24) is 10.6 Å². The van der Waals surface area contributed by atoms with Crippen LogP contribution in [0.4, 0.5) is 0 Å². The number of halogens is 1. The minimum absolute atomic E-state index is 0. The number of aryl methyl sites for hydroxylation is 1. The number of benzene rings is 2. The summed E-state index contributed by atoms with van der Waals surface area (Å²) in [5.41, 5.74) is 3.45. The van der Waals surface area contributed by atoms with Gasteiger partial charge < -0.3 is 29.6 Å². The van der Waals surface area contributed by atoms with Crippen LogP contribution in [0.2, 0.25) is 0 Å². The molecule has 0 bridgehead atoms. The number of guanidine groups is 1. The Morgan fingerprint density at radius 2 is 1.90 bits per heavy atom. The van der Waals surface area contributed by atoms with Gasteiger partial charge in [-0.05, 0) is 42.7 Å². The molecule has 1 aliphatic rings. The first-order valence-corrected chi connectivity index (χ1v) is 10.2. The highest BCUT2D eigenvalue weighted by atomic mass is 127. The first-order chi connectivity index (χ1) is 14.7. The van der Waals surface area contributed by atoms with Gasteiger partial charge in [0.2, 0.25) is 6.79 Å². The van der Waals surface area contributed by atoms with E-state index in [1.54, 1.807) is 14.2 Å². The van der Waals surface area contributed by atoms with Gasteiger partial charge >= 0.3 is 0 Å². The number of fused-ring (bicyclic) bond motifs is 1. The minimum Gasteiger partial charge on any atom is -0.493 e. The van der Waals surface area contributed by atoms with Crippen LogP contribution >= 0.6 is 24.0 Å². The number of nitrogens with one attached hydrogen (secondary N) is 2. The molecule has 0 amide bonds. The van der Waals surface area contributed by atoms with E-state index in [1.165, 1.54) is 11.1 Å².